The molecule has 0 bridgehead atoms. The topological polar surface area (TPSA) is 70.5 Å². The zero-order chi connectivity index (χ0) is 19.3. The molecule has 7 heteroatoms. The fourth-order valence-electron chi connectivity index (χ4n) is 2.60. The predicted molar refractivity (Wildman–Crippen MR) is 106 cm³/mol. The quantitative estimate of drug-likeness (QED) is 0.389. The third kappa shape index (κ3) is 4.43. The number of ether oxygens (including phenoxy) is 2. The van der Waals surface area contributed by atoms with Gasteiger partial charge >= 0.3 is 0 Å². The van der Waals surface area contributed by atoms with Gasteiger partial charge in [-0.05, 0) is 54.1 Å². The highest BCUT2D eigenvalue weighted by atomic mass is 79.9. The van der Waals surface area contributed by atoms with Crippen LogP contribution >= 0.6 is 15.9 Å². The number of halogens is 1. The average molecular weight is 441 g/mol. The zero-order valence-corrected chi connectivity index (χ0v) is 16.7. The van der Waals surface area contributed by atoms with Crippen LogP contribution in [0.2, 0.25) is 0 Å². The molecule has 4 rings (SSSR count). The summed E-state index contributed by atoms with van der Waals surface area (Å²) in [5.41, 5.74) is 1.05. The summed E-state index contributed by atoms with van der Waals surface area (Å²) in [6, 6.07) is 19.0. The van der Waals surface area contributed by atoms with Crippen molar-refractivity contribution in [2.24, 2.45) is 0 Å². The van der Waals surface area contributed by atoms with Crippen molar-refractivity contribution in [1.82, 2.24) is 10.2 Å². The van der Waals surface area contributed by atoms with Gasteiger partial charge in [0.1, 0.15) is 23.9 Å². The first kappa shape index (κ1) is 18.3. The molecule has 2 aromatic heterocycles. The average Bonchev–Trinajstić information content (AvgIpc) is 3.38. The molecule has 0 saturated heterocycles. The lowest BCUT2D eigenvalue weighted by atomic mass is 10.1. The van der Waals surface area contributed by atoms with Gasteiger partial charge in [-0.2, -0.15) is 0 Å². The van der Waals surface area contributed by atoms with Gasteiger partial charge < -0.3 is 18.3 Å². The summed E-state index contributed by atoms with van der Waals surface area (Å²) in [6.45, 7) is 0.314. The highest BCUT2D eigenvalue weighted by molar-refractivity contribution is 9.10. The van der Waals surface area contributed by atoms with Gasteiger partial charge in [0.25, 0.3) is 5.89 Å². The Labute approximate surface area is 170 Å². The maximum Gasteiger partial charge on any atom is 0.283 e. The minimum absolute atomic E-state index is 0.314. The standard InChI is InChI=1S/C21H17BrN2O4/c1-25-16-6-2-14(3-7-16)12-20-23-24-21(28-20)19-11-10-18(27-19)13-26-17-8-4-15(22)5-9-17/h2-11H,12-13H2,1H3. The summed E-state index contributed by atoms with van der Waals surface area (Å²) >= 11 is 3.40. The third-order valence-corrected chi connectivity index (χ3v) is 4.58. The number of rotatable bonds is 7. The summed E-state index contributed by atoms with van der Waals surface area (Å²) < 4.78 is 23.4. The molecule has 6 nitrogen and oxygen atoms in total. The van der Waals surface area contributed by atoms with Crippen LogP contribution in [0.3, 0.4) is 0 Å². The lowest BCUT2D eigenvalue weighted by molar-refractivity contribution is 0.271. The van der Waals surface area contributed by atoms with E-state index in [1.165, 1.54) is 0 Å². The van der Waals surface area contributed by atoms with Gasteiger partial charge in [0.15, 0.2) is 5.76 Å². The summed E-state index contributed by atoms with van der Waals surface area (Å²) in [6.07, 6.45) is 0.539. The molecule has 0 N–H and O–H groups in total. The SMILES string of the molecule is COc1ccc(Cc2nnc(-c3ccc(COc4ccc(Br)cc4)o3)o2)cc1. The largest absolute Gasteiger partial charge is 0.497 e. The van der Waals surface area contributed by atoms with E-state index in [0.29, 0.717) is 36.3 Å². The molecule has 0 aliphatic heterocycles. The number of hydrogen-bond acceptors (Lipinski definition) is 6. The lowest BCUT2D eigenvalue weighted by Crippen LogP contribution is -1.93. The van der Waals surface area contributed by atoms with Crippen molar-refractivity contribution < 1.29 is 18.3 Å². The van der Waals surface area contributed by atoms with Crippen molar-refractivity contribution in [2.45, 2.75) is 13.0 Å². The molecule has 0 spiro atoms. The monoisotopic (exact) mass is 440 g/mol. The van der Waals surface area contributed by atoms with Crippen LogP contribution in [0.25, 0.3) is 11.7 Å². The van der Waals surface area contributed by atoms with E-state index >= 15 is 0 Å². The Bertz CT molecular complexity index is 1040. The van der Waals surface area contributed by atoms with Crippen LogP contribution in [-0.2, 0) is 13.0 Å². The summed E-state index contributed by atoms with van der Waals surface area (Å²) in [5.74, 6) is 3.63. The molecule has 0 unspecified atom stereocenters. The second kappa shape index (κ2) is 8.31. The van der Waals surface area contributed by atoms with E-state index < -0.39 is 0 Å². The predicted octanol–water partition coefficient (Wildman–Crippen LogP) is 5.27. The lowest BCUT2D eigenvalue weighted by Gasteiger charge is -2.03. The van der Waals surface area contributed by atoms with Crippen molar-refractivity contribution in [1.29, 1.82) is 0 Å². The van der Waals surface area contributed by atoms with Crippen molar-refractivity contribution in [2.75, 3.05) is 7.11 Å². The fraction of sp³-hybridized carbons (Fsp3) is 0.143. The molecular formula is C21H17BrN2O4. The minimum atomic E-state index is 0.314. The first-order chi connectivity index (χ1) is 13.7. The van der Waals surface area contributed by atoms with Crippen molar-refractivity contribution in [3.8, 4) is 23.1 Å². The van der Waals surface area contributed by atoms with E-state index in [0.717, 1.165) is 21.5 Å². The summed E-state index contributed by atoms with van der Waals surface area (Å²) in [5, 5.41) is 8.17. The Hall–Kier alpha value is -3.06. The molecule has 0 radical (unpaired) electrons. The first-order valence-corrected chi connectivity index (χ1v) is 9.41. The van der Waals surface area contributed by atoms with Crippen LogP contribution in [-0.4, -0.2) is 17.3 Å². The zero-order valence-electron chi connectivity index (χ0n) is 15.1. The van der Waals surface area contributed by atoms with Crippen LogP contribution in [0.4, 0.5) is 0 Å². The van der Waals surface area contributed by atoms with Crippen molar-refractivity contribution >= 4 is 15.9 Å². The van der Waals surface area contributed by atoms with Crippen molar-refractivity contribution in [3.05, 3.63) is 82.4 Å². The van der Waals surface area contributed by atoms with Gasteiger partial charge in [0.2, 0.25) is 5.89 Å². The van der Waals surface area contributed by atoms with E-state index in [-0.39, 0.29) is 0 Å². The molecule has 2 aromatic carbocycles. The maximum atomic E-state index is 5.76. The Kier molecular flexibility index (Phi) is 5.43. The normalized spacial score (nSPS) is 10.8. The highest BCUT2D eigenvalue weighted by Gasteiger charge is 2.13. The second-order valence-electron chi connectivity index (χ2n) is 6.03. The summed E-state index contributed by atoms with van der Waals surface area (Å²) in [4.78, 5) is 0. The molecule has 28 heavy (non-hydrogen) atoms. The van der Waals surface area contributed by atoms with E-state index in [1.807, 2.05) is 54.6 Å². The number of nitrogens with zero attached hydrogens (tertiary/aromatic N) is 2. The van der Waals surface area contributed by atoms with Crippen LogP contribution in [0.1, 0.15) is 17.2 Å². The minimum Gasteiger partial charge on any atom is -0.497 e. The Morgan fingerprint density at radius 3 is 2.36 bits per heavy atom. The van der Waals surface area contributed by atoms with E-state index in [2.05, 4.69) is 26.1 Å². The van der Waals surface area contributed by atoms with Gasteiger partial charge in [-0.15, -0.1) is 10.2 Å². The van der Waals surface area contributed by atoms with Crippen LogP contribution < -0.4 is 9.47 Å². The molecule has 0 atom stereocenters. The third-order valence-electron chi connectivity index (χ3n) is 4.05. The molecule has 2 heterocycles. The van der Waals surface area contributed by atoms with Crippen LogP contribution in [0, 0.1) is 0 Å². The fourth-order valence-corrected chi connectivity index (χ4v) is 2.86. The number of furan rings is 1. The highest BCUT2D eigenvalue weighted by Crippen LogP contribution is 2.24. The molecule has 0 aliphatic carbocycles. The maximum absolute atomic E-state index is 5.76. The van der Waals surface area contributed by atoms with Gasteiger partial charge in [-0.25, -0.2) is 0 Å². The van der Waals surface area contributed by atoms with Gasteiger partial charge in [0.05, 0.1) is 13.5 Å². The molecular weight excluding hydrogens is 424 g/mol. The number of hydrogen-bond donors (Lipinski definition) is 0. The number of aromatic nitrogens is 2. The number of methoxy groups -OCH3 is 1. The smallest absolute Gasteiger partial charge is 0.283 e. The van der Waals surface area contributed by atoms with E-state index in [4.69, 9.17) is 18.3 Å². The molecule has 142 valence electrons. The van der Waals surface area contributed by atoms with E-state index in [1.54, 1.807) is 13.2 Å². The Morgan fingerprint density at radius 1 is 0.857 bits per heavy atom. The van der Waals surface area contributed by atoms with Gasteiger partial charge in [0, 0.05) is 4.47 Å². The molecule has 4 aromatic rings. The van der Waals surface area contributed by atoms with Crippen molar-refractivity contribution in [3.63, 3.8) is 0 Å². The molecule has 0 amide bonds. The first-order valence-electron chi connectivity index (χ1n) is 8.62. The van der Waals surface area contributed by atoms with Crippen LogP contribution in [0.5, 0.6) is 11.5 Å². The summed E-state index contributed by atoms with van der Waals surface area (Å²) in [7, 11) is 1.64. The molecule has 0 saturated carbocycles. The number of benzene rings is 2. The second-order valence-corrected chi connectivity index (χ2v) is 6.95. The van der Waals surface area contributed by atoms with Crippen LogP contribution in [0.15, 0.2) is 74.0 Å². The molecule has 0 aliphatic rings. The van der Waals surface area contributed by atoms with E-state index in [9.17, 15) is 0 Å². The van der Waals surface area contributed by atoms with Gasteiger partial charge in [-0.3, -0.25) is 0 Å². The van der Waals surface area contributed by atoms with Gasteiger partial charge in [-0.1, -0.05) is 28.1 Å². The molecule has 0 fully saturated rings. The Balaban J connectivity index is 1.39. The Morgan fingerprint density at radius 2 is 1.61 bits per heavy atom.